The Labute approximate surface area is 213 Å². The molecule has 0 aliphatic carbocycles. The van der Waals surface area contributed by atoms with Crippen molar-refractivity contribution in [3.63, 3.8) is 0 Å². The summed E-state index contributed by atoms with van der Waals surface area (Å²) in [6.45, 7) is -0.647. The highest BCUT2D eigenvalue weighted by Gasteiger charge is 2.31. The quantitative estimate of drug-likeness (QED) is 0.379. The highest BCUT2D eigenvalue weighted by Crippen LogP contribution is 2.35. The minimum absolute atomic E-state index is 0.0203. The van der Waals surface area contributed by atoms with E-state index in [1.807, 2.05) is 11.9 Å². The second-order valence-corrected chi connectivity index (χ2v) is 9.00. The molecule has 15 heteroatoms. The Morgan fingerprint density at radius 2 is 2.11 bits per heavy atom. The molecule has 0 saturated carbocycles. The van der Waals surface area contributed by atoms with Crippen LogP contribution >= 0.6 is 0 Å². The van der Waals surface area contributed by atoms with E-state index in [0.717, 1.165) is 4.57 Å². The van der Waals surface area contributed by atoms with E-state index in [1.54, 1.807) is 19.2 Å². The molecule has 0 radical (unpaired) electrons. The van der Waals surface area contributed by atoms with Crippen molar-refractivity contribution in [1.29, 1.82) is 0 Å². The molecule has 1 fully saturated rings. The molecule has 0 bridgehead atoms. The lowest BCUT2D eigenvalue weighted by atomic mass is 10.1. The molecule has 11 nitrogen and oxygen atoms in total. The van der Waals surface area contributed by atoms with Gasteiger partial charge in [0, 0.05) is 31.9 Å². The van der Waals surface area contributed by atoms with Crippen molar-refractivity contribution < 1.29 is 26.9 Å². The van der Waals surface area contributed by atoms with E-state index in [9.17, 15) is 22.4 Å². The topological polar surface area (TPSA) is 119 Å². The normalized spacial score (nSPS) is 17.9. The first-order valence-electron chi connectivity index (χ1n) is 11.6. The van der Waals surface area contributed by atoms with Gasteiger partial charge in [-0.25, -0.2) is 4.39 Å². The van der Waals surface area contributed by atoms with Crippen LogP contribution in [0.4, 0.5) is 23.2 Å². The Morgan fingerprint density at radius 1 is 1.29 bits per heavy atom. The van der Waals surface area contributed by atoms with Gasteiger partial charge < -0.3 is 19.3 Å². The van der Waals surface area contributed by atoms with Crippen LogP contribution in [0.5, 0.6) is 0 Å². The van der Waals surface area contributed by atoms with Crippen LogP contribution in [0.3, 0.4) is 0 Å². The Kier molecular flexibility index (Phi) is 6.69. The number of rotatable bonds is 6. The number of carbonyl (C=O) groups excluding carboxylic acids is 1. The smallest absolute Gasteiger partial charge is 0.342 e. The number of aliphatic imine (C=N–C) groups is 1. The summed E-state index contributed by atoms with van der Waals surface area (Å²) in [5.41, 5.74) is 1.06. The van der Waals surface area contributed by atoms with E-state index in [2.05, 4.69) is 30.8 Å². The molecule has 200 valence electrons. The minimum Gasteiger partial charge on any atom is -0.342 e. The summed E-state index contributed by atoms with van der Waals surface area (Å²) in [5.74, 6) is -0.656. The summed E-state index contributed by atoms with van der Waals surface area (Å²) in [5, 5.41) is 14.1. The number of nitrogens with zero attached hydrogens (tertiary/aromatic N) is 8. The van der Waals surface area contributed by atoms with Crippen LogP contribution < -0.4 is 5.32 Å². The van der Waals surface area contributed by atoms with E-state index >= 15 is 0 Å². The molecular weight excluding hydrogens is 510 g/mol. The average Bonchev–Trinajstić information content (AvgIpc) is 3.58. The standard InChI is InChI=1S/C23H23F4N9O2/c1-34-7-6-16(14(24)10-34)29-15-4-3-5-18-13(15)8-19(36(18)12-23(25,26)27)21-30-20(38-32-21)9-28-22(37)17-11-35(2)33-31-17/h3-5,8,11,14H,6-7,9-10,12H2,1-2H3,(H,28,37)/t14-/m0/s1. The van der Waals surface area contributed by atoms with Crippen molar-refractivity contribution in [1.82, 2.24) is 39.9 Å². The number of amides is 1. The number of likely N-dealkylation sites (tertiary alicyclic amines) is 1. The van der Waals surface area contributed by atoms with E-state index in [1.165, 1.54) is 23.0 Å². The molecular formula is C23H23F4N9O2. The van der Waals surface area contributed by atoms with Crippen molar-refractivity contribution >= 4 is 28.2 Å². The number of carbonyl (C=O) groups is 1. The van der Waals surface area contributed by atoms with Crippen molar-refractivity contribution in [2.24, 2.45) is 12.0 Å². The van der Waals surface area contributed by atoms with Crippen LogP contribution in [-0.2, 0) is 20.1 Å². The van der Waals surface area contributed by atoms with E-state index in [0.29, 0.717) is 29.8 Å². The molecule has 1 aliphatic heterocycles. The fourth-order valence-electron chi connectivity index (χ4n) is 4.24. The van der Waals surface area contributed by atoms with Gasteiger partial charge in [-0.1, -0.05) is 16.4 Å². The van der Waals surface area contributed by atoms with Gasteiger partial charge in [-0.2, -0.15) is 18.2 Å². The number of nitrogens with one attached hydrogen (secondary N) is 1. The van der Waals surface area contributed by atoms with Gasteiger partial charge in [0.1, 0.15) is 6.54 Å². The zero-order chi connectivity index (χ0) is 27.0. The van der Waals surface area contributed by atoms with E-state index < -0.39 is 24.8 Å². The van der Waals surface area contributed by atoms with Gasteiger partial charge >= 0.3 is 6.18 Å². The first kappa shape index (κ1) is 25.5. The SMILES string of the molecule is CN1CCC(=Nc2cccc3c2cc(-c2noc(CNC(=O)c4cn(C)nn4)n2)n3CC(F)(F)F)[C@@H](F)C1. The highest BCUT2D eigenvalue weighted by molar-refractivity contribution is 5.99. The zero-order valence-electron chi connectivity index (χ0n) is 20.4. The molecule has 0 unspecified atom stereocenters. The molecule has 3 aromatic heterocycles. The molecule has 38 heavy (non-hydrogen) atoms. The zero-order valence-corrected chi connectivity index (χ0v) is 20.4. The molecule has 4 aromatic rings. The third kappa shape index (κ3) is 5.41. The number of hydrogen-bond donors (Lipinski definition) is 1. The molecule has 1 N–H and O–H groups in total. The predicted octanol–water partition coefficient (Wildman–Crippen LogP) is 3.06. The number of hydrogen-bond acceptors (Lipinski definition) is 8. The maximum absolute atomic E-state index is 14.6. The number of benzene rings is 1. The molecule has 1 aliphatic rings. The van der Waals surface area contributed by atoms with Crippen LogP contribution in [0.25, 0.3) is 22.4 Å². The second kappa shape index (κ2) is 9.96. The summed E-state index contributed by atoms with van der Waals surface area (Å²) < 4.78 is 62.8. The number of piperidine rings is 1. The summed E-state index contributed by atoms with van der Waals surface area (Å²) in [7, 11) is 3.42. The van der Waals surface area contributed by atoms with E-state index in [-0.39, 0.29) is 41.7 Å². The largest absolute Gasteiger partial charge is 0.406 e. The van der Waals surface area contributed by atoms with Crippen LogP contribution in [0.2, 0.25) is 0 Å². The Morgan fingerprint density at radius 3 is 2.82 bits per heavy atom. The number of alkyl halides is 4. The lowest BCUT2D eigenvalue weighted by Crippen LogP contribution is -2.39. The third-order valence-electron chi connectivity index (χ3n) is 6.04. The Bertz CT molecular complexity index is 1500. The van der Waals surface area contributed by atoms with Crippen LogP contribution in [0, 0.1) is 0 Å². The van der Waals surface area contributed by atoms with Crippen molar-refractivity contribution in [2.45, 2.75) is 31.9 Å². The van der Waals surface area contributed by atoms with Crippen molar-refractivity contribution in [3.05, 3.63) is 42.0 Å². The molecule has 1 atom stereocenters. The first-order valence-corrected chi connectivity index (χ1v) is 11.6. The van der Waals surface area contributed by atoms with Crippen LogP contribution in [-0.4, -0.2) is 78.7 Å². The lowest BCUT2D eigenvalue weighted by Gasteiger charge is -2.26. The number of fused-ring (bicyclic) bond motifs is 1. The molecule has 5 rings (SSSR count). The molecule has 4 heterocycles. The average molecular weight is 533 g/mol. The fourth-order valence-corrected chi connectivity index (χ4v) is 4.24. The first-order chi connectivity index (χ1) is 18.1. The van der Waals surface area contributed by atoms with Gasteiger partial charge in [0.25, 0.3) is 5.91 Å². The van der Waals surface area contributed by atoms with Gasteiger partial charge in [-0.15, -0.1) is 5.10 Å². The number of aryl methyl sites for hydroxylation is 1. The molecule has 0 spiro atoms. The minimum atomic E-state index is -4.54. The Balaban J connectivity index is 1.47. The fraction of sp³-hybridized carbons (Fsp3) is 0.391. The molecule has 1 aromatic carbocycles. The Hall–Kier alpha value is -4.14. The summed E-state index contributed by atoms with van der Waals surface area (Å²) >= 11 is 0. The highest BCUT2D eigenvalue weighted by atomic mass is 19.4. The van der Waals surface area contributed by atoms with Crippen molar-refractivity contribution in [3.8, 4) is 11.5 Å². The monoisotopic (exact) mass is 533 g/mol. The predicted molar refractivity (Wildman–Crippen MR) is 128 cm³/mol. The van der Waals surface area contributed by atoms with Gasteiger partial charge in [0.2, 0.25) is 11.7 Å². The summed E-state index contributed by atoms with van der Waals surface area (Å²) in [6.07, 6.45) is -3.98. The summed E-state index contributed by atoms with van der Waals surface area (Å²) in [6, 6.07) is 6.21. The molecule has 1 saturated heterocycles. The van der Waals surface area contributed by atoms with Gasteiger partial charge in [0.15, 0.2) is 11.9 Å². The van der Waals surface area contributed by atoms with Gasteiger partial charge in [-0.3, -0.25) is 14.5 Å². The lowest BCUT2D eigenvalue weighted by molar-refractivity contribution is -0.139. The van der Waals surface area contributed by atoms with Gasteiger partial charge in [0.05, 0.1) is 35.4 Å². The van der Waals surface area contributed by atoms with Gasteiger partial charge in [-0.05, 0) is 25.2 Å². The van der Waals surface area contributed by atoms with E-state index in [4.69, 9.17) is 4.52 Å². The van der Waals surface area contributed by atoms with Crippen LogP contribution in [0.15, 0.2) is 40.0 Å². The number of halogens is 4. The van der Waals surface area contributed by atoms with Crippen molar-refractivity contribution in [2.75, 3.05) is 20.1 Å². The maximum Gasteiger partial charge on any atom is 0.406 e. The summed E-state index contributed by atoms with van der Waals surface area (Å²) in [4.78, 5) is 22.7. The molecule has 1 amide bonds. The maximum atomic E-state index is 14.6. The second-order valence-electron chi connectivity index (χ2n) is 9.00. The number of aromatic nitrogens is 6. The third-order valence-corrected chi connectivity index (χ3v) is 6.04. The van der Waals surface area contributed by atoms with Crippen LogP contribution in [0.1, 0.15) is 22.8 Å².